The lowest BCUT2D eigenvalue weighted by atomic mass is 10.1. The van der Waals surface area contributed by atoms with Crippen molar-refractivity contribution >= 4 is 0 Å². The molecule has 80 valence electrons. The van der Waals surface area contributed by atoms with Crippen molar-refractivity contribution in [3.05, 3.63) is 48.0 Å². The number of hydrogen-bond donors (Lipinski definition) is 0. The Labute approximate surface area is 92.4 Å². The lowest BCUT2D eigenvalue weighted by molar-refractivity contribution is 0.288. The van der Waals surface area contributed by atoms with Crippen molar-refractivity contribution in [3.63, 3.8) is 0 Å². The summed E-state index contributed by atoms with van der Waals surface area (Å²) in [4.78, 5) is 2.56. The summed E-state index contributed by atoms with van der Waals surface area (Å²) in [5.41, 5.74) is 1.41. The van der Waals surface area contributed by atoms with Gasteiger partial charge < -0.3 is 0 Å². The summed E-state index contributed by atoms with van der Waals surface area (Å²) >= 11 is 0. The normalized spacial score (nSPS) is 19.8. The highest BCUT2D eigenvalue weighted by molar-refractivity contribution is 5.23. The van der Waals surface area contributed by atoms with E-state index in [2.05, 4.69) is 54.3 Å². The van der Waals surface area contributed by atoms with Gasteiger partial charge in [0.2, 0.25) is 0 Å². The zero-order valence-corrected chi connectivity index (χ0v) is 9.39. The Morgan fingerprint density at radius 2 is 1.80 bits per heavy atom. The molecular formula is C14H19N. The first-order chi connectivity index (χ1) is 7.42. The fraction of sp³-hybridized carbons (Fsp3) is 0.429. The topological polar surface area (TPSA) is 3.24 Å². The van der Waals surface area contributed by atoms with E-state index in [4.69, 9.17) is 0 Å². The molecule has 0 radical (unpaired) electrons. The van der Waals surface area contributed by atoms with E-state index >= 15 is 0 Å². The molecule has 0 amide bonds. The SMILES string of the molecule is CC=CC(c1ccccc1)N1CCCC1. The van der Waals surface area contributed by atoms with Crippen LogP contribution in [-0.2, 0) is 0 Å². The lowest BCUT2D eigenvalue weighted by Crippen LogP contribution is -2.24. The summed E-state index contributed by atoms with van der Waals surface area (Å²) in [6.07, 6.45) is 7.17. The van der Waals surface area contributed by atoms with Crippen LogP contribution in [-0.4, -0.2) is 18.0 Å². The predicted molar refractivity (Wildman–Crippen MR) is 64.8 cm³/mol. The van der Waals surface area contributed by atoms with Gasteiger partial charge in [0.1, 0.15) is 0 Å². The van der Waals surface area contributed by atoms with E-state index in [1.807, 2.05) is 0 Å². The van der Waals surface area contributed by atoms with Crippen molar-refractivity contribution in [2.75, 3.05) is 13.1 Å². The van der Waals surface area contributed by atoms with Gasteiger partial charge in [-0.2, -0.15) is 0 Å². The summed E-state index contributed by atoms with van der Waals surface area (Å²) in [5, 5.41) is 0. The second kappa shape index (κ2) is 5.13. The van der Waals surface area contributed by atoms with Gasteiger partial charge >= 0.3 is 0 Å². The molecule has 0 N–H and O–H groups in total. The molecule has 1 aliphatic rings. The van der Waals surface area contributed by atoms with Gasteiger partial charge in [-0.05, 0) is 38.4 Å². The van der Waals surface area contributed by atoms with Gasteiger partial charge in [0, 0.05) is 0 Å². The summed E-state index contributed by atoms with van der Waals surface area (Å²) in [7, 11) is 0. The Bertz CT molecular complexity index is 309. The maximum absolute atomic E-state index is 2.56. The molecule has 1 nitrogen and oxygen atoms in total. The van der Waals surface area contributed by atoms with Crippen LogP contribution < -0.4 is 0 Å². The Hall–Kier alpha value is -1.08. The number of allylic oxidation sites excluding steroid dienone is 1. The maximum atomic E-state index is 2.56. The second-order valence-electron chi connectivity index (χ2n) is 4.12. The summed E-state index contributed by atoms with van der Waals surface area (Å²) in [5.74, 6) is 0. The van der Waals surface area contributed by atoms with Crippen LogP contribution in [0.25, 0.3) is 0 Å². The van der Waals surface area contributed by atoms with Crippen LogP contribution in [0.2, 0.25) is 0 Å². The van der Waals surface area contributed by atoms with E-state index in [9.17, 15) is 0 Å². The van der Waals surface area contributed by atoms with Crippen LogP contribution in [0.3, 0.4) is 0 Å². The minimum atomic E-state index is 0.485. The second-order valence-corrected chi connectivity index (χ2v) is 4.12. The third kappa shape index (κ3) is 2.48. The first-order valence-electron chi connectivity index (χ1n) is 5.83. The molecule has 1 atom stereocenters. The summed E-state index contributed by atoms with van der Waals surface area (Å²) < 4.78 is 0. The van der Waals surface area contributed by atoms with Crippen molar-refractivity contribution in [1.82, 2.24) is 4.90 Å². The first-order valence-corrected chi connectivity index (χ1v) is 5.83. The van der Waals surface area contributed by atoms with Gasteiger partial charge in [-0.15, -0.1) is 0 Å². The quantitative estimate of drug-likeness (QED) is 0.677. The molecule has 0 aliphatic carbocycles. The van der Waals surface area contributed by atoms with Crippen LogP contribution >= 0.6 is 0 Å². The lowest BCUT2D eigenvalue weighted by Gasteiger charge is -2.25. The van der Waals surface area contributed by atoms with E-state index < -0.39 is 0 Å². The Balaban J connectivity index is 2.19. The standard InChI is InChI=1S/C14H19N/c1-2-8-14(15-11-6-7-12-15)13-9-4-3-5-10-13/h2-5,8-10,14H,6-7,11-12H2,1H3. The molecule has 1 aromatic rings. The fourth-order valence-corrected chi connectivity index (χ4v) is 2.30. The third-order valence-corrected chi connectivity index (χ3v) is 3.05. The number of benzene rings is 1. The van der Waals surface area contributed by atoms with Gasteiger partial charge in [0.05, 0.1) is 6.04 Å². The van der Waals surface area contributed by atoms with Crippen LogP contribution in [0.4, 0.5) is 0 Å². The molecular weight excluding hydrogens is 182 g/mol. The van der Waals surface area contributed by atoms with E-state index in [-0.39, 0.29) is 0 Å². The third-order valence-electron chi connectivity index (χ3n) is 3.05. The molecule has 1 saturated heterocycles. The van der Waals surface area contributed by atoms with Crippen molar-refractivity contribution in [2.24, 2.45) is 0 Å². The maximum Gasteiger partial charge on any atom is 0.0531 e. The van der Waals surface area contributed by atoms with Crippen molar-refractivity contribution in [1.29, 1.82) is 0 Å². The number of hydrogen-bond acceptors (Lipinski definition) is 1. The number of likely N-dealkylation sites (tertiary alicyclic amines) is 1. The van der Waals surface area contributed by atoms with Crippen molar-refractivity contribution in [2.45, 2.75) is 25.8 Å². The molecule has 1 aromatic carbocycles. The molecule has 1 aliphatic heterocycles. The van der Waals surface area contributed by atoms with Gasteiger partial charge in [0.15, 0.2) is 0 Å². The summed E-state index contributed by atoms with van der Waals surface area (Å²) in [6, 6.07) is 11.3. The summed E-state index contributed by atoms with van der Waals surface area (Å²) in [6.45, 7) is 4.58. The highest BCUT2D eigenvalue weighted by Gasteiger charge is 2.20. The predicted octanol–water partition coefficient (Wildman–Crippen LogP) is 3.40. The van der Waals surface area contributed by atoms with Crippen LogP contribution in [0.15, 0.2) is 42.5 Å². The average Bonchev–Trinajstić information content (AvgIpc) is 2.80. The molecule has 0 spiro atoms. The largest absolute Gasteiger partial charge is 0.293 e. The van der Waals surface area contributed by atoms with Crippen LogP contribution in [0.5, 0.6) is 0 Å². The molecule has 0 bridgehead atoms. The fourth-order valence-electron chi connectivity index (χ4n) is 2.30. The molecule has 0 aromatic heterocycles. The molecule has 1 heteroatoms. The van der Waals surface area contributed by atoms with E-state index in [0.717, 1.165) is 0 Å². The molecule has 2 rings (SSSR count). The Morgan fingerprint density at radius 3 is 2.40 bits per heavy atom. The highest BCUT2D eigenvalue weighted by atomic mass is 15.2. The number of nitrogens with zero attached hydrogens (tertiary/aromatic N) is 1. The zero-order valence-electron chi connectivity index (χ0n) is 9.39. The van der Waals surface area contributed by atoms with Gasteiger partial charge in [-0.1, -0.05) is 42.5 Å². The van der Waals surface area contributed by atoms with E-state index in [1.54, 1.807) is 0 Å². The Kier molecular flexibility index (Phi) is 3.57. The Morgan fingerprint density at radius 1 is 1.13 bits per heavy atom. The van der Waals surface area contributed by atoms with Crippen LogP contribution in [0.1, 0.15) is 31.4 Å². The molecule has 15 heavy (non-hydrogen) atoms. The highest BCUT2D eigenvalue weighted by Crippen LogP contribution is 2.25. The first kappa shape index (κ1) is 10.4. The van der Waals surface area contributed by atoms with Gasteiger partial charge in [0.25, 0.3) is 0 Å². The van der Waals surface area contributed by atoms with Gasteiger partial charge in [-0.25, -0.2) is 0 Å². The molecule has 1 unspecified atom stereocenters. The molecule has 1 fully saturated rings. The van der Waals surface area contributed by atoms with Crippen molar-refractivity contribution in [3.8, 4) is 0 Å². The smallest absolute Gasteiger partial charge is 0.0531 e. The van der Waals surface area contributed by atoms with E-state index in [1.165, 1.54) is 31.5 Å². The van der Waals surface area contributed by atoms with Crippen molar-refractivity contribution < 1.29 is 0 Å². The minimum Gasteiger partial charge on any atom is -0.293 e. The minimum absolute atomic E-state index is 0.485. The van der Waals surface area contributed by atoms with Gasteiger partial charge in [-0.3, -0.25) is 4.90 Å². The monoisotopic (exact) mass is 201 g/mol. The molecule has 1 heterocycles. The number of rotatable bonds is 3. The van der Waals surface area contributed by atoms with Crippen LogP contribution in [0, 0.1) is 0 Å². The zero-order chi connectivity index (χ0) is 10.5. The molecule has 0 saturated carbocycles. The average molecular weight is 201 g/mol. The van der Waals surface area contributed by atoms with E-state index in [0.29, 0.717) is 6.04 Å².